The van der Waals surface area contributed by atoms with Crippen molar-refractivity contribution in [2.45, 2.75) is 50.5 Å². The molecular formula is C24H27NO8. The summed E-state index contributed by atoms with van der Waals surface area (Å²) >= 11 is 0. The molecule has 2 unspecified atom stereocenters. The van der Waals surface area contributed by atoms with Crippen LogP contribution in [0.4, 0.5) is 0 Å². The van der Waals surface area contributed by atoms with Gasteiger partial charge in [-0.2, -0.15) is 0 Å². The van der Waals surface area contributed by atoms with E-state index in [0.29, 0.717) is 13.0 Å². The lowest BCUT2D eigenvalue weighted by atomic mass is 10.1. The molecule has 0 saturated heterocycles. The first kappa shape index (κ1) is 22.9. The Balaban J connectivity index is 1.27. The molecule has 0 fully saturated rings. The molecular weight excluding hydrogens is 430 g/mol. The van der Waals surface area contributed by atoms with Gasteiger partial charge in [0.2, 0.25) is 0 Å². The van der Waals surface area contributed by atoms with Gasteiger partial charge in [0.1, 0.15) is 18.5 Å². The van der Waals surface area contributed by atoms with Crippen molar-refractivity contribution in [3.8, 4) is 17.2 Å². The van der Waals surface area contributed by atoms with Crippen LogP contribution in [0.15, 0.2) is 36.4 Å². The zero-order chi connectivity index (χ0) is 23.6. The molecule has 9 heteroatoms. The van der Waals surface area contributed by atoms with Gasteiger partial charge in [-0.1, -0.05) is 18.2 Å². The fraction of sp³-hybridized carbons (Fsp3) is 0.417. The highest BCUT2D eigenvalue weighted by Gasteiger charge is 2.57. The molecule has 176 valence electrons. The number of benzene rings is 2. The Kier molecular flexibility index (Phi) is 6.44. The molecule has 4 rings (SSSR count). The number of ether oxygens (including phenoxy) is 3. The number of fused-ring (bicyclic) bond motifs is 2. The molecule has 0 amide bonds. The minimum absolute atomic E-state index is 0.0234. The first-order valence-corrected chi connectivity index (χ1v) is 10.9. The topological polar surface area (TPSA) is 135 Å². The summed E-state index contributed by atoms with van der Waals surface area (Å²) in [5.41, 5.74) is 3.36. The maximum atomic E-state index is 11.4. The highest BCUT2D eigenvalue weighted by Crippen LogP contribution is 2.40. The molecule has 1 heterocycles. The van der Waals surface area contributed by atoms with E-state index >= 15 is 0 Å². The SMILES string of the molecule is CC(Cc1ccc2c(c1)OC(C(=O)O)(C(=O)O)O2)NCC(O)COc1cccc2c1CCC2. The molecule has 4 N–H and O–H groups in total. The Morgan fingerprint density at radius 1 is 1.12 bits per heavy atom. The van der Waals surface area contributed by atoms with Crippen LogP contribution in [0.2, 0.25) is 0 Å². The van der Waals surface area contributed by atoms with Crippen molar-refractivity contribution in [1.82, 2.24) is 5.32 Å². The molecule has 1 aliphatic carbocycles. The zero-order valence-electron chi connectivity index (χ0n) is 18.2. The van der Waals surface area contributed by atoms with Gasteiger partial charge >= 0.3 is 17.7 Å². The van der Waals surface area contributed by atoms with Gasteiger partial charge in [-0.05, 0) is 67.5 Å². The molecule has 1 aliphatic heterocycles. The number of carboxylic acid groups (broad SMARTS) is 2. The van der Waals surface area contributed by atoms with E-state index in [4.69, 9.17) is 14.2 Å². The summed E-state index contributed by atoms with van der Waals surface area (Å²) in [6.07, 6.45) is 3.07. The molecule has 2 aliphatic rings. The van der Waals surface area contributed by atoms with Crippen molar-refractivity contribution in [3.63, 3.8) is 0 Å². The average molecular weight is 457 g/mol. The van der Waals surface area contributed by atoms with Crippen LogP contribution in [-0.2, 0) is 28.9 Å². The third-order valence-electron chi connectivity index (χ3n) is 5.86. The standard InChI is InChI=1S/C24H27NO8/c1-14(25-12-17(26)13-31-19-7-3-5-16-4-2-6-18(16)19)10-15-8-9-20-21(11-15)33-24(32-20,22(27)28)23(29)30/h3,5,7-9,11,14,17,25-26H,2,4,6,10,12-13H2,1H3,(H,27,28)(H,29,30). The van der Waals surface area contributed by atoms with Crippen molar-refractivity contribution in [2.75, 3.05) is 13.2 Å². The van der Waals surface area contributed by atoms with Gasteiger partial charge < -0.3 is 34.8 Å². The Hall–Kier alpha value is -3.30. The van der Waals surface area contributed by atoms with Crippen molar-refractivity contribution in [3.05, 3.63) is 53.1 Å². The summed E-state index contributed by atoms with van der Waals surface area (Å²) in [6.45, 7) is 2.47. The van der Waals surface area contributed by atoms with Crippen LogP contribution in [-0.4, -0.2) is 58.3 Å². The largest absolute Gasteiger partial charge is 0.491 e. The van der Waals surface area contributed by atoms with E-state index in [1.165, 1.54) is 17.2 Å². The summed E-state index contributed by atoms with van der Waals surface area (Å²) in [5, 5.41) is 32.0. The van der Waals surface area contributed by atoms with Crippen LogP contribution in [0, 0.1) is 0 Å². The summed E-state index contributed by atoms with van der Waals surface area (Å²) < 4.78 is 16.1. The second-order valence-corrected chi connectivity index (χ2v) is 8.44. The number of aryl methyl sites for hydroxylation is 1. The zero-order valence-corrected chi connectivity index (χ0v) is 18.2. The smallest absolute Gasteiger partial charge is 0.453 e. The fourth-order valence-electron chi connectivity index (χ4n) is 4.17. The Morgan fingerprint density at radius 3 is 2.64 bits per heavy atom. The molecule has 2 aromatic carbocycles. The average Bonchev–Trinajstić information content (AvgIpc) is 3.41. The molecule has 0 radical (unpaired) electrons. The number of nitrogens with one attached hydrogen (secondary N) is 1. The number of hydrogen-bond acceptors (Lipinski definition) is 7. The maximum absolute atomic E-state index is 11.4. The van der Waals surface area contributed by atoms with Crippen molar-refractivity contribution in [1.29, 1.82) is 0 Å². The molecule has 9 nitrogen and oxygen atoms in total. The third-order valence-corrected chi connectivity index (χ3v) is 5.86. The second-order valence-electron chi connectivity index (χ2n) is 8.44. The number of aliphatic hydroxyl groups excluding tert-OH is 1. The van der Waals surface area contributed by atoms with Crippen LogP contribution >= 0.6 is 0 Å². The molecule has 0 saturated carbocycles. The Bertz CT molecular complexity index is 1040. The van der Waals surface area contributed by atoms with Crippen LogP contribution in [0.3, 0.4) is 0 Å². The van der Waals surface area contributed by atoms with Crippen LogP contribution in [0.5, 0.6) is 17.2 Å². The lowest BCUT2D eigenvalue weighted by molar-refractivity contribution is -0.194. The summed E-state index contributed by atoms with van der Waals surface area (Å²) in [5.74, 6) is -5.28. The van der Waals surface area contributed by atoms with Gasteiger partial charge in [-0.15, -0.1) is 0 Å². The number of carbonyl (C=O) groups is 2. The van der Waals surface area contributed by atoms with Gasteiger partial charge in [0, 0.05) is 12.6 Å². The monoisotopic (exact) mass is 457 g/mol. The number of hydrogen-bond donors (Lipinski definition) is 4. The molecule has 2 aromatic rings. The van der Waals surface area contributed by atoms with Crippen molar-refractivity contribution >= 4 is 11.9 Å². The van der Waals surface area contributed by atoms with Gasteiger partial charge in [0.15, 0.2) is 11.5 Å². The van der Waals surface area contributed by atoms with Gasteiger partial charge in [-0.3, -0.25) is 0 Å². The molecule has 0 bridgehead atoms. The predicted molar refractivity (Wildman–Crippen MR) is 117 cm³/mol. The normalized spacial score (nSPS) is 17.3. The quantitative estimate of drug-likeness (QED) is 0.394. The number of aliphatic carboxylic acids is 2. The third kappa shape index (κ3) is 4.74. The van der Waals surface area contributed by atoms with E-state index in [1.807, 2.05) is 19.1 Å². The van der Waals surface area contributed by atoms with Crippen molar-refractivity contribution in [2.24, 2.45) is 0 Å². The van der Waals surface area contributed by atoms with Crippen LogP contribution < -0.4 is 19.5 Å². The van der Waals surface area contributed by atoms with Crippen molar-refractivity contribution < 1.29 is 39.1 Å². The number of carboxylic acids is 2. The summed E-state index contributed by atoms with van der Waals surface area (Å²) in [7, 11) is 0. The Morgan fingerprint density at radius 2 is 1.88 bits per heavy atom. The van der Waals surface area contributed by atoms with E-state index in [-0.39, 0.29) is 24.1 Å². The van der Waals surface area contributed by atoms with E-state index in [2.05, 4.69) is 11.4 Å². The second kappa shape index (κ2) is 9.29. The molecule has 0 aromatic heterocycles. The van der Waals surface area contributed by atoms with Gasteiger partial charge in [0.25, 0.3) is 0 Å². The summed E-state index contributed by atoms with van der Waals surface area (Å²) in [4.78, 5) is 22.7. The first-order valence-electron chi connectivity index (χ1n) is 10.9. The predicted octanol–water partition coefficient (Wildman–Crippen LogP) is 1.77. The number of aliphatic hydroxyl groups is 1. The molecule has 33 heavy (non-hydrogen) atoms. The van der Waals surface area contributed by atoms with Crippen LogP contribution in [0.25, 0.3) is 0 Å². The lowest BCUT2D eigenvalue weighted by Crippen LogP contribution is -2.54. The molecule has 2 atom stereocenters. The highest BCUT2D eigenvalue weighted by atomic mass is 16.8. The maximum Gasteiger partial charge on any atom is 0.453 e. The summed E-state index contributed by atoms with van der Waals surface area (Å²) in [6, 6.07) is 10.8. The molecule has 0 spiro atoms. The lowest BCUT2D eigenvalue weighted by Gasteiger charge is -2.19. The van der Waals surface area contributed by atoms with E-state index in [0.717, 1.165) is 30.6 Å². The van der Waals surface area contributed by atoms with Gasteiger partial charge in [-0.25, -0.2) is 9.59 Å². The fourth-order valence-corrected chi connectivity index (χ4v) is 4.17. The minimum Gasteiger partial charge on any atom is -0.491 e. The number of rotatable bonds is 10. The van der Waals surface area contributed by atoms with E-state index in [1.54, 1.807) is 12.1 Å². The van der Waals surface area contributed by atoms with E-state index in [9.17, 15) is 24.9 Å². The highest BCUT2D eigenvalue weighted by molar-refractivity contribution is 6.01. The van der Waals surface area contributed by atoms with Gasteiger partial charge in [0.05, 0.1) is 0 Å². The first-order chi connectivity index (χ1) is 15.8. The van der Waals surface area contributed by atoms with Crippen LogP contribution in [0.1, 0.15) is 30.0 Å². The minimum atomic E-state index is -2.77. The van der Waals surface area contributed by atoms with E-state index < -0.39 is 23.8 Å². The Labute approximate surface area is 190 Å².